The van der Waals surface area contributed by atoms with E-state index in [0.29, 0.717) is 12.1 Å². The normalized spacial score (nSPS) is 9.69. The monoisotopic (exact) mass is 226 g/mol. The van der Waals surface area contributed by atoms with Gasteiger partial charge in [0, 0.05) is 6.20 Å². The molecule has 0 unspecified atom stereocenters. The predicted molar refractivity (Wildman–Crippen MR) is 56.9 cm³/mol. The second-order valence-corrected chi connectivity index (χ2v) is 3.01. The van der Waals surface area contributed by atoms with Gasteiger partial charge in [0.1, 0.15) is 0 Å². The summed E-state index contributed by atoms with van der Waals surface area (Å²) in [6.07, 6.45) is 1.59. The van der Waals surface area contributed by atoms with Crippen LogP contribution in [0, 0.1) is 0 Å². The van der Waals surface area contributed by atoms with Crippen LogP contribution >= 0.6 is 0 Å². The number of aryl methyl sites for hydroxylation is 1. The quantitative estimate of drug-likeness (QED) is 0.785. The number of aromatic nitrogens is 1. The minimum atomic E-state index is -0.650. The Morgan fingerprint density at radius 2 is 2.06 bits per heavy atom. The Labute approximate surface area is 93.1 Å². The highest BCUT2D eigenvalue weighted by Gasteiger charge is 2.17. The molecule has 0 radical (unpaired) electrons. The molecule has 1 aromatic rings. The number of nitrogens with one attached hydrogen (secondary N) is 1. The summed E-state index contributed by atoms with van der Waals surface area (Å²) < 4.78 is 10.4. The van der Waals surface area contributed by atoms with Crippen molar-refractivity contribution in [3.05, 3.63) is 23.5 Å². The van der Waals surface area contributed by atoms with Crippen molar-refractivity contribution in [1.82, 2.24) is 4.68 Å². The van der Waals surface area contributed by atoms with Crippen LogP contribution in [0.25, 0.3) is 0 Å². The van der Waals surface area contributed by atoms with Crippen molar-refractivity contribution in [2.45, 2.75) is 13.3 Å². The number of methoxy groups -OCH3 is 2. The Hall–Kier alpha value is -1.98. The molecule has 0 saturated heterocycles. The number of amides is 1. The third-order valence-electron chi connectivity index (χ3n) is 2.13. The highest BCUT2D eigenvalue weighted by molar-refractivity contribution is 5.90. The Balaban J connectivity index is 3.04. The maximum absolute atomic E-state index is 11.5. The first kappa shape index (κ1) is 12.1. The van der Waals surface area contributed by atoms with Crippen LogP contribution in [-0.2, 0) is 15.9 Å². The molecule has 0 saturated carbocycles. The fraction of sp³-hybridized carbons (Fsp3) is 0.400. The van der Waals surface area contributed by atoms with E-state index in [-0.39, 0.29) is 0 Å². The van der Waals surface area contributed by atoms with Crippen LogP contribution < -0.4 is 5.43 Å². The van der Waals surface area contributed by atoms with E-state index in [2.05, 4.69) is 14.9 Å². The van der Waals surface area contributed by atoms with Gasteiger partial charge in [-0.05, 0) is 18.1 Å². The molecule has 1 amide bonds. The summed E-state index contributed by atoms with van der Waals surface area (Å²) in [6, 6.07) is 1.74. The minimum Gasteiger partial charge on any atom is -0.464 e. The summed E-state index contributed by atoms with van der Waals surface area (Å²) in [7, 11) is 2.54. The van der Waals surface area contributed by atoms with Crippen molar-refractivity contribution in [3.8, 4) is 0 Å². The molecule has 0 aliphatic carbocycles. The summed E-state index contributed by atoms with van der Waals surface area (Å²) in [5, 5.41) is 0. The second kappa shape index (κ2) is 5.20. The molecule has 1 rings (SSSR count). The number of hydrogen-bond donors (Lipinski definition) is 1. The highest BCUT2D eigenvalue weighted by atomic mass is 16.5. The molecular weight excluding hydrogens is 212 g/mol. The van der Waals surface area contributed by atoms with E-state index in [1.807, 2.05) is 6.92 Å². The molecule has 16 heavy (non-hydrogen) atoms. The van der Waals surface area contributed by atoms with Gasteiger partial charge in [-0.1, -0.05) is 6.92 Å². The van der Waals surface area contributed by atoms with Crippen LogP contribution in [0.1, 0.15) is 23.0 Å². The number of ether oxygens (including phenoxy) is 2. The predicted octanol–water partition coefficient (Wildman–Crippen LogP) is 1.15. The van der Waals surface area contributed by atoms with Gasteiger partial charge in [-0.2, -0.15) is 0 Å². The number of carbonyl (C=O) groups excluding carboxylic acids is 2. The summed E-state index contributed by atoms with van der Waals surface area (Å²) in [4.78, 5) is 22.5. The van der Waals surface area contributed by atoms with Gasteiger partial charge in [0.15, 0.2) is 5.69 Å². The first-order valence-electron chi connectivity index (χ1n) is 4.77. The number of rotatable bonds is 3. The van der Waals surface area contributed by atoms with E-state index >= 15 is 0 Å². The van der Waals surface area contributed by atoms with Crippen LogP contribution in [0.2, 0.25) is 0 Å². The maximum Gasteiger partial charge on any atom is 0.426 e. The molecule has 0 bridgehead atoms. The fourth-order valence-corrected chi connectivity index (χ4v) is 1.32. The fourth-order valence-electron chi connectivity index (χ4n) is 1.32. The lowest BCUT2D eigenvalue weighted by Crippen LogP contribution is -2.26. The standard InChI is InChI=1S/C10H14N2O4/c1-4-7-5-6-12(11-10(14)16-3)8(7)9(13)15-2/h5-6H,4H2,1-3H3,(H,11,14). The Kier molecular flexibility index (Phi) is 3.93. The molecule has 0 fully saturated rings. The van der Waals surface area contributed by atoms with E-state index in [1.54, 1.807) is 12.3 Å². The lowest BCUT2D eigenvalue weighted by atomic mass is 10.2. The molecule has 1 aromatic heterocycles. The van der Waals surface area contributed by atoms with Crippen LogP contribution in [0.3, 0.4) is 0 Å². The summed E-state index contributed by atoms with van der Waals surface area (Å²) >= 11 is 0. The van der Waals surface area contributed by atoms with Gasteiger partial charge in [0.25, 0.3) is 0 Å². The van der Waals surface area contributed by atoms with Gasteiger partial charge in [-0.25, -0.2) is 15.0 Å². The van der Waals surface area contributed by atoms with Crippen molar-refractivity contribution >= 4 is 12.1 Å². The lowest BCUT2D eigenvalue weighted by Gasteiger charge is -2.09. The molecule has 0 aromatic carbocycles. The average Bonchev–Trinajstić information content (AvgIpc) is 2.70. The molecule has 0 atom stereocenters. The number of carbonyl (C=O) groups is 2. The van der Waals surface area contributed by atoms with E-state index in [4.69, 9.17) is 0 Å². The van der Waals surface area contributed by atoms with E-state index in [0.717, 1.165) is 5.56 Å². The second-order valence-electron chi connectivity index (χ2n) is 3.01. The minimum absolute atomic E-state index is 0.301. The summed E-state index contributed by atoms with van der Waals surface area (Å²) in [5.74, 6) is -0.502. The summed E-state index contributed by atoms with van der Waals surface area (Å²) in [6.45, 7) is 1.91. The maximum atomic E-state index is 11.5. The van der Waals surface area contributed by atoms with Gasteiger partial charge < -0.3 is 9.47 Å². The zero-order valence-corrected chi connectivity index (χ0v) is 9.44. The third kappa shape index (κ3) is 2.33. The molecule has 0 aliphatic heterocycles. The van der Waals surface area contributed by atoms with Gasteiger partial charge in [-0.15, -0.1) is 0 Å². The smallest absolute Gasteiger partial charge is 0.426 e. The van der Waals surface area contributed by atoms with Crippen molar-refractivity contribution in [1.29, 1.82) is 0 Å². The molecule has 88 valence electrons. The Bertz CT molecular complexity index is 398. The van der Waals surface area contributed by atoms with Gasteiger partial charge >= 0.3 is 12.1 Å². The summed E-state index contributed by atoms with van der Waals surface area (Å²) in [5.41, 5.74) is 3.48. The SMILES string of the molecule is CCc1ccn(NC(=O)OC)c1C(=O)OC. The molecule has 6 nitrogen and oxygen atoms in total. The highest BCUT2D eigenvalue weighted by Crippen LogP contribution is 2.12. The van der Waals surface area contributed by atoms with Crippen LogP contribution in [0.4, 0.5) is 4.79 Å². The van der Waals surface area contributed by atoms with Crippen molar-refractivity contribution in [2.24, 2.45) is 0 Å². The number of esters is 1. The average molecular weight is 226 g/mol. The number of hydrogen-bond acceptors (Lipinski definition) is 4. The van der Waals surface area contributed by atoms with Crippen molar-refractivity contribution in [2.75, 3.05) is 19.6 Å². The van der Waals surface area contributed by atoms with Gasteiger partial charge in [0.2, 0.25) is 0 Å². The molecule has 1 N–H and O–H groups in total. The molecular formula is C10H14N2O4. The lowest BCUT2D eigenvalue weighted by molar-refractivity contribution is 0.0589. The first-order chi connectivity index (χ1) is 7.63. The zero-order chi connectivity index (χ0) is 12.1. The van der Waals surface area contributed by atoms with Crippen molar-refractivity contribution in [3.63, 3.8) is 0 Å². The van der Waals surface area contributed by atoms with E-state index < -0.39 is 12.1 Å². The van der Waals surface area contributed by atoms with Crippen molar-refractivity contribution < 1.29 is 19.1 Å². The Morgan fingerprint density at radius 3 is 2.56 bits per heavy atom. The van der Waals surface area contributed by atoms with Gasteiger partial charge in [-0.3, -0.25) is 4.68 Å². The molecule has 1 heterocycles. The van der Waals surface area contributed by atoms with Crippen LogP contribution in [0.15, 0.2) is 12.3 Å². The Morgan fingerprint density at radius 1 is 1.38 bits per heavy atom. The largest absolute Gasteiger partial charge is 0.464 e. The van der Waals surface area contributed by atoms with E-state index in [9.17, 15) is 9.59 Å². The van der Waals surface area contributed by atoms with Crippen LogP contribution in [0.5, 0.6) is 0 Å². The first-order valence-corrected chi connectivity index (χ1v) is 4.77. The van der Waals surface area contributed by atoms with Crippen LogP contribution in [-0.4, -0.2) is 31.0 Å². The topological polar surface area (TPSA) is 69.6 Å². The van der Waals surface area contributed by atoms with Gasteiger partial charge in [0.05, 0.1) is 14.2 Å². The number of nitrogens with zero attached hydrogens (tertiary/aromatic N) is 1. The zero-order valence-electron chi connectivity index (χ0n) is 9.44. The molecule has 0 aliphatic rings. The molecule has 6 heteroatoms. The molecule has 0 spiro atoms. The van der Waals surface area contributed by atoms with E-state index in [1.165, 1.54) is 18.9 Å². The third-order valence-corrected chi connectivity index (χ3v) is 2.13.